The molecule has 0 aromatic carbocycles. The van der Waals surface area contributed by atoms with E-state index in [1.54, 1.807) is 10.9 Å². The molecule has 2 aromatic rings. The first kappa shape index (κ1) is 15.7. The second-order valence-electron chi connectivity index (χ2n) is 4.76. The summed E-state index contributed by atoms with van der Waals surface area (Å²) in [6, 6.07) is 0. The molecule has 0 saturated carbocycles. The van der Waals surface area contributed by atoms with Gasteiger partial charge in [0.2, 0.25) is 0 Å². The van der Waals surface area contributed by atoms with Gasteiger partial charge in [-0.05, 0) is 6.42 Å². The van der Waals surface area contributed by atoms with Gasteiger partial charge < -0.3 is 14.8 Å². The van der Waals surface area contributed by atoms with Crippen LogP contribution in [0.4, 0.5) is 5.82 Å². The van der Waals surface area contributed by atoms with Crippen LogP contribution >= 0.6 is 0 Å². The summed E-state index contributed by atoms with van der Waals surface area (Å²) in [6.07, 6.45) is 3.99. The fourth-order valence-electron chi connectivity index (χ4n) is 1.95. The molecule has 0 fully saturated rings. The quantitative estimate of drug-likeness (QED) is 0.710. The summed E-state index contributed by atoms with van der Waals surface area (Å²) in [6.45, 7) is 4.46. The van der Waals surface area contributed by atoms with E-state index in [2.05, 4.69) is 27.3 Å². The van der Waals surface area contributed by atoms with Crippen molar-refractivity contribution < 1.29 is 9.47 Å². The molecule has 0 aliphatic heterocycles. The van der Waals surface area contributed by atoms with Crippen molar-refractivity contribution in [2.24, 2.45) is 7.05 Å². The molecule has 21 heavy (non-hydrogen) atoms. The number of fused-ring (bicyclic) bond motifs is 1. The predicted octanol–water partition coefficient (Wildman–Crippen LogP) is 1.74. The van der Waals surface area contributed by atoms with Crippen LogP contribution in [0.1, 0.15) is 25.6 Å². The van der Waals surface area contributed by atoms with Gasteiger partial charge in [-0.25, -0.2) is 9.97 Å². The van der Waals surface area contributed by atoms with Gasteiger partial charge in [-0.15, -0.1) is 0 Å². The van der Waals surface area contributed by atoms with Crippen molar-refractivity contribution >= 4 is 16.9 Å². The Hall–Kier alpha value is -1.73. The largest absolute Gasteiger partial charge is 0.379 e. The maximum atomic E-state index is 5.56. The van der Waals surface area contributed by atoms with Crippen LogP contribution in [-0.4, -0.2) is 46.6 Å². The van der Waals surface area contributed by atoms with Crippen LogP contribution in [0.2, 0.25) is 0 Å². The number of nitrogens with one attached hydrogen (secondary N) is 1. The third-order valence-electron chi connectivity index (χ3n) is 3.12. The van der Waals surface area contributed by atoms with Gasteiger partial charge in [-0.1, -0.05) is 13.3 Å². The summed E-state index contributed by atoms with van der Waals surface area (Å²) in [5.41, 5.74) is 0.798. The van der Waals surface area contributed by atoms with Gasteiger partial charge in [0, 0.05) is 20.7 Å². The molecule has 1 N–H and O–H groups in total. The second-order valence-corrected chi connectivity index (χ2v) is 4.76. The summed E-state index contributed by atoms with van der Waals surface area (Å²) in [5, 5.41) is 8.17. The maximum Gasteiger partial charge on any atom is 0.163 e. The Balaban J connectivity index is 1.88. The number of nitrogens with zero attached hydrogens (tertiary/aromatic N) is 4. The van der Waals surface area contributed by atoms with Crippen molar-refractivity contribution in [3.8, 4) is 0 Å². The van der Waals surface area contributed by atoms with Crippen LogP contribution in [0.25, 0.3) is 11.0 Å². The average molecular weight is 293 g/mol. The SMILES string of the molecule is CCCCOCCOCc1nc(NC)c2cnn(C)c2n1. The molecule has 0 bridgehead atoms. The Morgan fingerprint density at radius 2 is 2.00 bits per heavy atom. The standard InChI is InChI=1S/C14H23N5O2/c1-4-5-6-20-7-8-21-10-12-17-13(15-2)11-9-16-19(3)14(11)18-12/h9H,4-8,10H2,1-3H3,(H,15,17,18). The molecule has 0 spiro atoms. The smallest absolute Gasteiger partial charge is 0.163 e. The summed E-state index contributed by atoms with van der Waals surface area (Å²) in [4.78, 5) is 8.91. The van der Waals surface area contributed by atoms with Gasteiger partial charge in [-0.3, -0.25) is 4.68 Å². The van der Waals surface area contributed by atoms with Crippen LogP contribution in [0.5, 0.6) is 0 Å². The van der Waals surface area contributed by atoms with Crippen molar-refractivity contribution in [3.05, 3.63) is 12.0 Å². The Kier molecular flexibility index (Phi) is 5.89. The van der Waals surface area contributed by atoms with E-state index in [0.717, 1.165) is 36.3 Å². The number of aromatic nitrogens is 4. The van der Waals surface area contributed by atoms with Crippen LogP contribution in [0.3, 0.4) is 0 Å². The van der Waals surface area contributed by atoms with E-state index in [0.29, 0.717) is 25.6 Å². The van der Waals surface area contributed by atoms with Crippen molar-refractivity contribution in [3.63, 3.8) is 0 Å². The maximum absolute atomic E-state index is 5.56. The normalized spacial score (nSPS) is 11.2. The van der Waals surface area contributed by atoms with Crippen LogP contribution in [0.15, 0.2) is 6.20 Å². The van der Waals surface area contributed by atoms with E-state index in [9.17, 15) is 0 Å². The molecule has 116 valence electrons. The van der Waals surface area contributed by atoms with Crippen LogP contribution in [-0.2, 0) is 23.1 Å². The summed E-state index contributed by atoms with van der Waals surface area (Å²) in [5.74, 6) is 1.41. The summed E-state index contributed by atoms with van der Waals surface area (Å²) in [7, 11) is 3.70. The molecule has 7 nitrogen and oxygen atoms in total. The Bertz CT molecular complexity index is 570. The molecule has 0 amide bonds. The fraction of sp³-hybridized carbons (Fsp3) is 0.643. The van der Waals surface area contributed by atoms with Crippen LogP contribution < -0.4 is 5.32 Å². The average Bonchev–Trinajstić information content (AvgIpc) is 2.87. The predicted molar refractivity (Wildman–Crippen MR) is 81.2 cm³/mol. The lowest BCUT2D eigenvalue weighted by molar-refractivity contribution is 0.0375. The third kappa shape index (κ3) is 4.12. The van der Waals surface area contributed by atoms with Gasteiger partial charge in [0.25, 0.3) is 0 Å². The molecule has 7 heteroatoms. The minimum atomic E-state index is 0.368. The molecule has 0 saturated heterocycles. The van der Waals surface area contributed by atoms with Crippen molar-refractivity contribution in [1.82, 2.24) is 19.7 Å². The highest BCUT2D eigenvalue weighted by Crippen LogP contribution is 2.19. The van der Waals surface area contributed by atoms with Crippen LogP contribution in [0, 0.1) is 0 Å². The van der Waals surface area contributed by atoms with Gasteiger partial charge in [0.05, 0.1) is 24.8 Å². The molecule has 2 aromatic heterocycles. The number of rotatable bonds is 9. The minimum Gasteiger partial charge on any atom is -0.379 e. The highest BCUT2D eigenvalue weighted by atomic mass is 16.5. The van der Waals surface area contributed by atoms with Crippen molar-refractivity contribution in [1.29, 1.82) is 0 Å². The van der Waals surface area contributed by atoms with E-state index in [-0.39, 0.29) is 0 Å². The zero-order valence-corrected chi connectivity index (χ0v) is 12.9. The Morgan fingerprint density at radius 1 is 1.19 bits per heavy atom. The Morgan fingerprint density at radius 3 is 2.76 bits per heavy atom. The first-order chi connectivity index (χ1) is 10.3. The molecule has 0 aliphatic carbocycles. The zero-order chi connectivity index (χ0) is 15.1. The monoisotopic (exact) mass is 293 g/mol. The van der Waals surface area contributed by atoms with Crippen molar-refractivity contribution in [2.75, 3.05) is 32.2 Å². The van der Waals surface area contributed by atoms with E-state index >= 15 is 0 Å². The first-order valence-electron chi connectivity index (χ1n) is 7.28. The number of ether oxygens (including phenoxy) is 2. The second kappa shape index (κ2) is 7.90. The molecule has 0 aliphatic rings. The number of hydrogen-bond donors (Lipinski definition) is 1. The summed E-state index contributed by atoms with van der Waals surface area (Å²) >= 11 is 0. The van der Waals surface area contributed by atoms with Gasteiger partial charge >= 0.3 is 0 Å². The molecule has 2 rings (SSSR count). The summed E-state index contributed by atoms with van der Waals surface area (Å²) < 4.78 is 12.7. The topological polar surface area (TPSA) is 74.1 Å². The number of anilines is 1. The lowest BCUT2D eigenvalue weighted by Crippen LogP contribution is -2.08. The van der Waals surface area contributed by atoms with E-state index in [1.165, 1.54) is 0 Å². The van der Waals surface area contributed by atoms with E-state index < -0.39 is 0 Å². The van der Waals surface area contributed by atoms with Gasteiger partial charge in [0.1, 0.15) is 12.4 Å². The zero-order valence-electron chi connectivity index (χ0n) is 12.9. The lowest BCUT2D eigenvalue weighted by Gasteiger charge is -2.07. The van der Waals surface area contributed by atoms with Gasteiger partial charge in [-0.2, -0.15) is 5.10 Å². The number of aryl methyl sites for hydroxylation is 1. The molecule has 0 unspecified atom stereocenters. The molecular formula is C14H23N5O2. The fourth-order valence-corrected chi connectivity index (χ4v) is 1.95. The third-order valence-corrected chi connectivity index (χ3v) is 3.12. The Labute approximate surface area is 124 Å². The lowest BCUT2D eigenvalue weighted by atomic mass is 10.4. The highest BCUT2D eigenvalue weighted by molar-refractivity contribution is 5.86. The molecule has 2 heterocycles. The molecular weight excluding hydrogens is 270 g/mol. The van der Waals surface area contributed by atoms with Gasteiger partial charge in [0.15, 0.2) is 11.5 Å². The van der Waals surface area contributed by atoms with Crippen molar-refractivity contribution in [2.45, 2.75) is 26.4 Å². The molecule has 0 radical (unpaired) electrons. The minimum absolute atomic E-state index is 0.368. The number of hydrogen-bond acceptors (Lipinski definition) is 6. The van der Waals surface area contributed by atoms with E-state index in [4.69, 9.17) is 9.47 Å². The first-order valence-corrected chi connectivity index (χ1v) is 7.28. The number of unbranched alkanes of at least 4 members (excludes halogenated alkanes) is 1. The molecule has 0 atom stereocenters. The van der Waals surface area contributed by atoms with E-state index in [1.807, 2.05) is 14.1 Å². The highest BCUT2D eigenvalue weighted by Gasteiger charge is 2.10.